The first kappa shape index (κ1) is 34.3. The van der Waals surface area contributed by atoms with E-state index in [1.54, 1.807) is 0 Å². The molecule has 0 aliphatic rings. The van der Waals surface area contributed by atoms with Crippen molar-refractivity contribution in [3.8, 4) is 0 Å². The number of aliphatic hydroxyl groups excluding tert-OH is 2. The van der Waals surface area contributed by atoms with Gasteiger partial charge in [0.05, 0.1) is 23.6 Å². The van der Waals surface area contributed by atoms with Crippen LogP contribution in [0.5, 0.6) is 0 Å². The zero-order valence-corrected chi connectivity index (χ0v) is 24.9. The summed E-state index contributed by atoms with van der Waals surface area (Å²) in [5.41, 5.74) is 1.26. The summed E-state index contributed by atoms with van der Waals surface area (Å²) in [6.45, 7) is 23.3. The predicted molar refractivity (Wildman–Crippen MR) is 161 cm³/mol. The molecule has 206 valence electrons. The van der Waals surface area contributed by atoms with Crippen molar-refractivity contribution in [1.29, 1.82) is 0 Å². The van der Waals surface area contributed by atoms with Gasteiger partial charge in [-0.15, -0.1) is 13.2 Å². The minimum absolute atomic E-state index is 0.0745. The number of nitrogens with zero attached hydrogens (tertiary/aromatic N) is 3. The number of aliphatic hydroxyl groups is 2. The summed E-state index contributed by atoms with van der Waals surface area (Å²) in [6, 6.07) is 5.79. The molecular formula is C29H45BrN4O3. The number of nitrogens with one attached hydrogen (secondary N) is 1. The number of halogens is 1. The van der Waals surface area contributed by atoms with Crippen molar-refractivity contribution in [3.63, 3.8) is 0 Å². The molecule has 37 heavy (non-hydrogen) atoms. The molecule has 1 unspecified atom stereocenters. The molecule has 1 amide bonds. The monoisotopic (exact) mass is 576 g/mol. The van der Waals surface area contributed by atoms with Crippen LogP contribution in [0.25, 0.3) is 16.5 Å². The van der Waals surface area contributed by atoms with Crippen LogP contribution in [-0.2, 0) is 4.79 Å². The highest BCUT2D eigenvalue weighted by molar-refractivity contribution is 9.10. The quantitative estimate of drug-likeness (QED) is 0.145. The van der Waals surface area contributed by atoms with Gasteiger partial charge in [-0.05, 0) is 43.9 Å². The van der Waals surface area contributed by atoms with Crippen molar-refractivity contribution < 1.29 is 15.0 Å². The Morgan fingerprint density at radius 2 is 1.86 bits per heavy atom. The number of amides is 1. The maximum absolute atomic E-state index is 12.2. The van der Waals surface area contributed by atoms with Gasteiger partial charge in [-0.25, -0.2) is 9.97 Å². The molecule has 0 radical (unpaired) electrons. The second kappa shape index (κ2) is 18.5. The Hall–Kier alpha value is -2.71. The van der Waals surface area contributed by atoms with Crippen LogP contribution in [0.2, 0.25) is 0 Å². The lowest BCUT2D eigenvalue weighted by atomic mass is 10.0. The molecular weight excluding hydrogens is 532 g/mol. The molecule has 2 aromatic rings. The Balaban J connectivity index is 0.00000308. The second-order valence-corrected chi connectivity index (χ2v) is 9.34. The smallest absolute Gasteiger partial charge is 0.222 e. The lowest BCUT2D eigenvalue weighted by Crippen LogP contribution is -2.36. The maximum atomic E-state index is 12.2. The van der Waals surface area contributed by atoms with Crippen LogP contribution in [0.4, 0.5) is 5.82 Å². The molecule has 1 atom stereocenters. The number of hydrogen-bond donors (Lipinski definition) is 3. The number of fused-ring (bicyclic) bond motifs is 1. The number of anilines is 1. The second-order valence-electron chi connectivity index (χ2n) is 8.42. The lowest BCUT2D eigenvalue weighted by Gasteiger charge is -2.24. The van der Waals surface area contributed by atoms with E-state index in [4.69, 9.17) is 4.98 Å². The number of benzene rings is 1. The van der Waals surface area contributed by atoms with Crippen LogP contribution < -0.4 is 10.2 Å². The molecule has 1 aromatic heterocycles. The summed E-state index contributed by atoms with van der Waals surface area (Å²) in [6.07, 6.45) is 2.63. The van der Waals surface area contributed by atoms with Crippen molar-refractivity contribution in [2.45, 2.75) is 66.9 Å². The van der Waals surface area contributed by atoms with Gasteiger partial charge < -0.3 is 20.4 Å². The highest BCUT2D eigenvalue weighted by Crippen LogP contribution is 2.30. The van der Waals surface area contributed by atoms with Gasteiger partial charge in [0.2, 0.25) is 5.91 Å². The fraction of sp³-hybridized carbons (Fsp3) is 0.483. The first-order valence-electron chi connectivity index (χ1n) is 12.9. The van der Waals surface area contributed by atoms with Crippen LogP contribution in [0.15, 0.2) is 54.2 Å². The fourth-order valence-electron chi connectivity index (χ4n) is 3.65. The summed E-state index contributed by atoms with van der Waals surface area (Å²) in [5.74, 6) is 1.23. The molecule has 1 aromatic carbocycles. The summed E-state index contributed by atoms with van der Waals surface area (Å²) < 4.78 is 0.909. The van der Waals surface area contributed by atoms with E-state index in [1.807, 2.05) is 65.8 Å². The SMILES string of the molecule is C=C.C=C(O)/C(=C\CC)c1nc(N(CC)CCNC(=O)CC(O)CC(C)C)c2cc(Br)ccc2n1.CC. The average molecular weight is 578 g/mol. The Bertz CT molecular complexity index is 1020. The maximum Gasteiger partial charge on any atom is 0.222 e. The van der Waals surface area contributed by atoms with E-state index in [0.29, 0.717) is 49.8 Å². The van der Waals surface area contributed by atoms with Gasteiger partial charge in [0.15, 0.2) is 5.82 Å². The molecule has 2 rings (SSSR count). The molecule has 0 spiro atoms. The third-order valence-electron chi connectivity index (χ3n) is 5.15. The summed E-state index contributed by atoms with van der Waals surface area (Å²) in [7, 11) is 0. The molecule has 8 heteroatoms. The zero-order valence-electron chi connectivity index (χ0n) is 23.4. The average Bonchev–Trinajstić information content (AvgIpc) is 2.86. The molecule has 0 bridgehead atoms. The van der Waals surface area contributed by atoms with Crippen LogP contribution in [0.1, 0.15) is 66.6 Å². The Labute approximate surface area is 231 Å². The number of likely N-dealkylation sites (N-methyl/N-ethyl adjacent to an activating group) is 1. The van der Waals surface area contributed by atoms with Gasteiger partial charge in [-0.3, -0.25) is 4.79 Å². The number of carbonyl (C=O) groups excluding carboxylic acids is 1. The van der Waals surface area contributed by atoms with Crippen LogP contribution >= 0.6 is 15.9 Å². The van der Waals surface area contributed by atoms with Crippen LogP contribution in [0.3, 0.4) is 0 Å². The standard InChI is InChI=1S/C25H35BrN4O3.C2H6.C2H4/c1-6-8-20(17(5)31)24-28-22-10-9-18(26)14-21(22)25(29-24)30(7-2)12-11-27-23(33)15-19(32)13-16(3)4;2*1-2/h8-10,14,16,19,31-32H,5-7,11-13,15H2,1-4H3,(H,27,33);1-2H3;1-2H2/b20-8+;;. The van der Waals surface area contributed by atoms with E-state index < -0.39 is 6.10 Å². The van der Waals surface area contributed by atoms with E-state index in [2.05, 4.69) is 50.9 Å². The van der Waals surface area contributed by atoms with Gasteiger partial charge in [-0.2, -0.15) is 0 Å². The van der Waals surface area contributed by atoms with Gasteiger partial charge in [0.1, 0.15) is 11.6 Å². The lowest BCUT2D eigenvalue weighted by molar-refractivity contribution is -0.123. The Morgan fingerprint density at radius 3 is 2.41 bits per heavy atom. The van der Waals surface area contributed by atoms with Gasteiger partial charge in [0, 0.05) is 29.5 Å². The molecule has 7 nitrogen and oxygen atoms in total. The van der Waals surface area contributed by atoms with Crippen molar-refractivity contribution >= 4 is 44.1 Å². The van der Waals surface area contributed by atoms with Crippen molar-refractivity contribution in [2.24, 2.45) is 5.92 Å². The number of rotatable bonds is 12. The third kappa shape index (κ3) is 11.5. The first-order valence-corrected chi connectivity index (χ1v) is 13.7. The summed E-state index contributed by atoms with van der Waals surface area (Å²) >= 11 is 3.52. The molecule has 0 saturated heterocycles. The summed E-state index contributed by atoms with van der Waals surface area (Å²) in [5, 5.41) is 23.9. The van der Waals surface area contributed by atoms with Gasteiger partial charge in [0.25, 0.3) is 0 Å². The van der Waals surface area contributed by atoms with Crippen molar-refractivity contribution in [2.75, 3.05) is 24.5 Å². The van der Waals surface area contributed by atoms with E-state index in [1.165, 1.54) is 0 Å². The third-order valence-corrected chi connectivity index (χ3v) is 5.64. The molecule has 0 saturated carbocycles. The predicted octanol–water partition coefficient (Wildman–Crippen LogP) is 6.83. The minimum Gasteiger partial charge on any atom is -0.508 e. The number of hydrogen-bond acceptors (Lipinski definition) is 6. The van der Waals surface area contributed by atoms with Crippen LogP contribution in [-0.4, -0.2) is 51.8 Å². The normalized spacial score (nSPS) is 11.6. The van der Waals surface area contributed by atoms with Gasteiger partial charge >= 0.3 is 0 Å². The van der Waals surface area contributed by atoms with Crippen molar-refractivity contribution in [1.82, 2.24) is 15.3 Å². The van der Waals surface area contributed by atoms with E-state index in [0.717, 1.165) is 21.2 Å². The van der Waals surface area contributed by atoms with Crippen molar-refractivity contribution in [3.05, 3.63) is 60.1 Å². The van der Waals surface area contributed by atoms with Crippen LogP contribution in [0, 0.1) is 5.92 Å². The molecule has 0 fully saturated rings. The molecule has 3 N–H and O–H groups in total. The molecule has 0 aliphatic heterocycles. The molecule has 0 aliphatic carbocycles. The highest BCUT2D eigenvalue weighted by atomic mass is 79.9. The summed E-state index contributed by atoms with van der Waals surface area (Å²) in [4.78, 5) is 23.7. The Morgan fingerprint density at radius 1 is 1.22 bits per heavy atom. The fourth-order valence-corrected chi connectivity index (χ4v) is 4.01. The zero-order chi connectivity index (χ0) is 28.5. The minimum atomic E-state index is -0.631. The van der Waals surface area contributed by atoms with E-state index >= 15 is 0 Å². The Kier molecular flexibility index (Phi) is 17.2. The molecule has 1 heterocycles. The number of allylic oxidation sites excluding steroid dienone is 2. The van der Waals surface area contributed by atoms with E-state index in [-0.39, 0.29) is 18.1 Å². The highest BCUT2D eigenvalue weighted by Gasteiger charge is 2.18. The largest absolute Gasteiger partial charge is 0.508 e. The van der Waals surface area contributed by atoms with Gasteiger partial charge in [-0.1, -0.05) is 63.2 Å². The number of carbonyl (C=O) groups is 1. The topological polar surface area (TPSA) is 98.6 Å². The van der Waals surface area contributed by atoms with E-state index in [9.17, 15) is 15.0 Å². The number of aromatic nitrogens is 2. The first-order chi connectivity index (χ1) is 17.7.